The summed E-state index contributed by atoms with van der Waals surface area (Å²) in [5.74, 6) is -0.142. The predicted octanol–water partition coefficient (Wildman–Crippen LogP) is 0.995. The van der Waals surface area contributed by atoms with Crippen LogP contribution in [0.15, 0.2) is 42.9 Å². The van der Waals surface area contributed by atoms with Gasteiger partial charge in [0.05, 0.1) is 25.6 Å². The molecule has 0 spiro atoms. The molecule has 1 aliphatic rings. The van der Waals surface area contributed by atoms with Gasteiger partial charge in [0.2, 0.25) is 0 Å². The van der Waals surface area contributed by atoms with Crippen molar-refractivity contribution in [1.82, 2.24) is 14.5 Å². The van der Waals surface area contributed by atoms with Crippen LogP contribution in [0.3, 0.4) is 0 Å². The van der Waals surface area contributed by atoms with Crippen LogP contribution < -0.4 is 0 Å². The summed E-state index contributed by atoms with van der Waals surface area (Å²) in [6, 6.07) is 9.34. The topological polar surface area (TPSA) is 67.6 Å². The number of carbonyl (C=O) groups is 1. The standard InChI is InChI=1S/C16H19N3O3/c1-18-9-13(17-11-18)16(21)19-7-8-22-14(10-20)15(19)12-5-3-2-4-6-12/h2-6,9,11,14-15,20H,7-8,10H2,1H3/t14-,15-/m0/s1. The molecule has 0 aliphatic carbocycles. The van der Waals surface area contributed by atoms with Gasteiger partial charge in [-0.05, 0) is 5.56 Å². The highest BCUT2D eigenvalue weighted by molar-refractivity contribution is 5.92. The van der Waals surface area contributed by atoms with E-state index in [2.05, 4.69) is 4.98 Å². The molecule has 116 valence electrons. The molecule has 0 unspecified atom stereocenters. The number of benzene rings is 1. The maximum Gasteiger partial charge on any atom is 0.274 e. The number of aromatic nitrogens is 2. The van der Waals surface area contributed by atoms with E-state index in [-0.39, 0.29) is 18.6 Å². The smallest absolute Gasteiger partial charge is 0.274 e. The zero-order chi connectivity index (χ0) is 15.5. The second-order valence-electron chi connectivity index (χ2n) is 5.37. The Morgan fingerprint density at radius 2 is 2.18 bits per heavy atom. The van der Waals surface area contributed by atoms with E-state index in [0.717, 1.165) is 5.56 Å². The number of aliphatic hydroxyl groups is 1. The van der Waals surface area contributed by atoms with Crippen molar-refractivity contribution in [2.75, 3.05) is 19.8 Å². The lowest BCUT2D eigenvalue weighted by Crippen LogP contribution is -2.49. The van der Waals surface area contributed by atoms with Crippen LogP contribution in [-0.2, 0) is 11.8 Å². The first kappa shape index (κ1) is 14.7. The van der Waals surface area contributed by atoms with E-state index in [0.29, 0.717) is 18.8 Å². The van der Waals surface area contributed by atoms with Crippen LogP contribution in [0.2, 0.25) is 0 Å². The number of aryl methyl sites for hydroxylation is 1. The Labute approximate surface area is 129 Å². The minimum atomic E-state index is -0.427. The number of carbonyl (C=O) groups excluding carboxylic acids is 1. The highest BCUT2D eigenvalue weighted by atomic mass is 16.5. The molecule has 1 aromatic carbocycles. The first-order valence-corrected chi connectivity index (χ1v) is 7.27. The molecule has 0 radical (unpaired) electrons. The van der Waals surface area contributed by atoms with Gasteiger partial charge in [-0.3, -0.25) is 4.79 Å². The Bertz CT molecular complexity index is 641. The molecule has 22 heavy (non-hydrogen) atoms. The Morgan fingerprint density at radius 1 is 1.41 bits per heavy atom. The van der Waals surface area contributed by atoms with Gasteiger partial charge in [-0.2, -0.15) is 0 Å². The Balaban J connectivity index is 1.94. The van der Waals surface area contributed by atoms with Crippen LogP contribution in [0.25, 0.3) is 0 Å². The van der Waals surface area contributed by atoms with Crippen molar-refractivity contribution in [3.8, 4) is 0 Å². The van der Waals surface area contributed by atoms with E-state index in [1.54, 1.807) is 22.0 Å². The number of amides is 1. The van der Waals surface area contributed by atoms with Gasteiger partial charge in [0, 0.05) is 19.8 Å². The average Bonchev–Trinajstić information content (AvgIpc) is 3.00. The molecule has 0 bridgehead atoms. The lowest BCUT2D eigenvalue weighted by molar-refractivity contribution is -0.0812. The molecule has 1 N–H and O–H groups in total. The number of morpholine rings is 1. The number of nitrogens with zero attached hydrogens (tertiary/aromatic N) is 3. The molecule has 1 fully saturated rings. The molecule has 6 heteroatoms. The fraction of sp³-hybridized carbons (Fsp3) is 0.375. The molecule has 1 amide bonds. The largest absolute Gasteiger partial charge is 0.394 e. The van der Waals surface area contributed by atoms with Crippen molar-refractivity contribution < 1.29 is 14.6 Å². The number of imidazole rings is 1. The normalized spacial score (nSPS) is 21.8. The third-order valence-corrected chi connectivity index (χ3v) is 3.86. The Hall–Kier alpha value is -2.18. The first-order chi connectivity index (χ1) is 10.7. The van der Waals surface area contributed by atoms with E-state index in [1.165, 1.54) is 0 Å². The van der Waals surface area contributed by atoms with Crippen molar-refractivity contribution in [1.29, 1.82) is 0 Å². The van der Waals surface area contributed by atoms with Gasteiger partial charge >= 0.3 is 0 Å². The zero-order valence-electron chi connectivity index (χ0n) is 12.4. The molecule has 1 saturated heterocycles. The summed E-state index contributed by atoms with van der Waals surface area (Å²) in [4.78, 5) is 18.6. The zero-order valence-corrected chi connectivity index (χ0v) is 12.4. The van der Waals surface area contributed by atoms with Crippen molar-refractivity contribution >= 4 is 5.91 Å². The Kier molecular flexibility index (Phi) is 4.22. The maximum atomic E-state index is 12.8. The van der Waals surface area contributed by atoms with Crippen molar-refractivity contribution in [3.05, 3.63) is 54.1 Å². The highest BCUT2D eigenvalue weighted by Crippen LogP contribution is 2.30. The fourth-order valence-electron chi connectivity index (χ4n) is 2.83. The SMILES string of the molecule is Cn1cnc(C(=O)N2CCO[C@@H](CO)[C@@H]2c2ccccc2)c1. The highest BCUT2D eigenvalue weighted by Gasteiger charge is 2.36. The quantitative estimate of drug-likeness (QED) is 0.918. The van der Waals surface area contributed by atoms with Gasteiger partial charge in [-0.1, -0.05) is 30.3 Å². The van der Waals surface area contributed by atoms with Crippen molar-refractivity contribution in [3.63, 3.8) is 0 Å². The van der Waals surface area contributed by atoms with Gasteiger partial charge in [0.25, 0.3) is 5.91 Å². The van der Waals surface area contributed by atoms with E-state index in [4.69, 9.17) is 4.74 Å². The lowest BCUT2D eigenvalue weighted by Gasteiger charge is -2.40. The summed E-state index contributed by atoms with van der Waals surface area (Å²) in [6.07, 6.45) is 2.88. The summed E-state index contributed by atoms with van der Waals surface area (Å²) < 4.78 is 7.39. The molecule has 1 aromatic heterocycles. The summed E-state index contributed by atoms with van der Waals surface area (Å²) in [6.45, 7) is 0.754. The second-order valence-corrected chi connectivity index (χ2v) is 5.37. The van der Waals surface area contributed by atoms with Crippen LogP contribution in [0, 0.1) is 0 Å². The van der Waals surface area contributed by atoms with Crippen molar-refractivity contribution in [2.24, 2.45) is 7.05 Å². The molecule has 6 nitrogen and oxygen atoms in total. The molecular formula is C16H19N3O3. The van der Waals surface area contributed by atoms with Crippen LogP contribution in [-0.4, -0.2) is 51.3 Å². The predicted molar refractivity (Wildman–Crippen MR) is 80.3 cm³/mol. The van der Waals surface area contributed by atoms with E-state index in [9.17, 15) is 9.90 Å². The van der Waals surface area contributed by atoms with Crippen molar-refractivity contribution in [2.45, 2.75) is 12.1 Å². The van der Waals surface area contributed by atoms with E-state index < -0.39 is 6.10 Å². The summed E-state index contributed by atoms with van der Waals surface area (Å²) in [5.41, 5.74) is 1.35. The van der Waals surface area contributed by atoms with Gasteiger partial charge < -0.3 is 19.3 Å². The summed E-state index contributed by atoms with van der Waals surface area (Å²) >= 11 is 0. The fourth-order valence-corrected chi connectivity index (χ4v) is 2.83. The molecule has 0 saturated carbocycles. The minimum Gasteiger partial charge on any atom is -0.394 e. The molecule has 2 aromatic rings. The second kappa shape index (κ2) is 6.29. The average molecular weight is 301 g/mol. The van der Waals surface area contributed by atoms with E-state index in [1.807, 2.05) is 37.4 Å². The third kappa shape index (κ3) is 2.75. The van der Waals surface area contributed by atoms with Gasteiger partial charge in [-0.25, -0.2) is 4.98 Å². The Morgan fingerprint density at radius 3 is 2.82 bits per heavy atom. The molecule has 2 heterocycles. The minimum absolute atomic E-state index is 0.133. The monoisotopic (exact) mass is 301 g/mol. The molecular weight excluding hydrogens is 282 g/mol. The van der Waals surface area contributed by atoms with Crippen LogP contribution in [0.4, 0.5) is 0 Å². The van der Waals surface area contributed by atoms with Crippen LogP contribution >= 0.6 is 0 Å². The first-order valence-electron chi connectivity index (χ1n) is 7.27. The number of aliphatic hydroxyl groups excluding tert-OH is 1. The molecule has 3 rings (SSSR count). The van der Waals surface area contributed by atoms with Crippen LogP contribution in [0.5, 0.6) is 0 Å². The number of rotatable bonds is 3. The maximum absolute atomic E-state index is 12.8. The lowest BCUT2D eigenvalue weighted by atomic mass is 9.98. The number of ether oxygens (including phenoxy) is 1. The van der Waals surface area contributed by atoms with E-state index >= 15 is 0 Å². The molecule has 2 atom stereocenters. The number of hydrogen-bond donors (Lipinski definition) is 1. The third-order valence-electron chi connectivity index (χ3n) is 3.86. The number of hydrogen-bond acceptors (Lipinski definition) is 4. The van der Waals surface area contributed by atoms with Crippen LogP contribution in [0.1, 0.15) is 22.1 Å². The van der Waals surface area contributed by atoms with Gasteiger partial charge in [0.1, 0.15) is 11.8 Å². The van der Waals surface area contributed by atoms with Gasteiger partial charge in [0.15, 0.2) is 0 Å². The summed E-state index contributed by atoms with van der Waals surface area (Å²) in [7, 11) is 1.83. The summed E-state index contributed by atoms with van der Waals surface area (Å²) in [5, 5.41) is 9.61. The van der Waals surface area contributed by atoms with Gasteiger partial charge in [-0.15, -0.1) is 0 Å². The molecule has 1 aliphatic heterocycles.